The molecule has 1 rings (SSSR count). The van der Waals surface area contributed by atoms with Crippen molar-refractivity contribution in [1.29, 1.82) is 0 Å². The summed E-state index contributed by atoms with van der Waals surface area (Å²) in [6.45, 7) is 9.15. The molecule has 0 aromatic heterocycles. The lowest BCUT2D eigenvalue weighted by molar-refractivity contribution is -0.133. The SMILES string of the molecule is CCNCCC(=O)N(CC(C)C)C1CCCC1. The third-order valence-electron chi connectivity index (χ3n) is 3.41. The highest BCUT2D eigenvalue weighted by Crippen LogP contribution is 2.24. The number of amides is 1. The van der Waals surface area contributed by atoms with Crippen LogP contribution in [-0.4, -0.2) is 36.5 Å². The van der Waals surface area contributed by atoms with E-state index < -0.39 is 0 Å². The monoisotopic (exact) mass is 240 g/mol. The Morgan fingerprint density at radius 3 is 2.53 bits per heavy atom. The molecule has 1 amide bonds. The minimum absolute atomic E-state index is 0.339. The fourth-order valence-corrected chi connectivity index (χ4v) is 2.58. The van der Waals surface area contributed by atoms with E-state index >= 15 is 0 Å². The Balaban J connectivity index is 2.45. The van der Waals surface area contributed by atoms with Gasteiger partial charge in [0.15, 0.2) is 0 Å². The normalized spacial score (nSPS) is 16.7. The molecule has 3 nitrogen and oxygen atoms in total. The number of hydrogen-bond donors (Lipinski definition) is 1. The lowest BCUT2D eigenvalue weighted by Crippen LogP contribution is -2.42. The summed E-state index contributed by atoms with van der Waals surface area (Å²) in [6, 6.07) is 0.520. The van der Waals surface area contributed by atoms with Gasteiger partial charge in [-0.15, -0.1) is 0 Å². The van der Waals surface area contributed by atoms with Crippen molar-refractivity contribution in [2.45, 2.75) is 58.9 Å². The van der Waals surface area contributed by atoms with E-state index in [1.165, 1.54) is 25.7 Å². The number of hydrogen-bond acceptors (Lipinski definition) is 2. The van der Waals surface area contributed by atoms with E-state index in [2.05, 4.69) is 31.0 Å². The van der Waals surface area contributed by atoms with E-state index in [1.54, 1.807) is 0 Å². The first kappa shape index (κ1) is 14.5. The zero-order valence-corrected chi connectivity index (χ0v) is 11.7. The maximum Gasteiger partial charge on any atom is 0.224 e. The lowest BCUT2D eigenvalue weighted by Gasteiger charge is -2.30. The molecule has 0 atom stereocenters. The van der Waals surface area contributed by atoms with Gasteiger partial charge in [-0.05, 0) is 25.3 Å². The molecule has 1 fully saturated rings. The third-order valence-corrected chi connectivity index (χ3v) is 3.41. The number of nitrogens with one attached hydrogen (secondary N) is 1. The summed E-state index contributed by atoms with van der Waals surface area (Å²) in [7, 11) is 0. The van der Waals surface area contributed by atoms with Gasteiger partial charge in [0, 0.05) is 25.6 Å². The smallest absolute Gasteiger partial charge is 0.224 e. The molecule has 1 aliphatic rings. The van der Waals surface area contributed by atoms with Crippen LogP contribution in [0.4, 0.5) is 0 Å². The number of nitrogens with zero attached hydrogens (tertiary/aromatic N) is 1. The van der Waals surface area contributed by atoms with E-state index in [-0.39, 0.29) is 0 Å². The first-order valence-corrected chi connectivity index (χ1v) is 7.15. The van der Waals surface area contributed by atoms with Crippen molar-refractivity contribution < 1.29 is 4.79 Å². The Morgan fingerprint density at radius 1 is 1.35 bits per heavy atom. The van der Waals surface area contributed by atoms with Crippen molar-refractivity contribution >= 4 is 5.91 Å². The Morgan fingerprint density at radius 2 is 2.00 bits per heavy atom. The third kappa shape index (κ3) is 5.07. The fraction of sp³-hybridized carbons (Fsp3) is 0.929. The van der Waals surface area contributed by atoms with Crippen LogP contribution in [0.5, 0.6) is 0 Å². The van der Waals surface area contributed by atoms with Gasteiger partial charge in [0.2, 0.25) is 5.91 Å². The summed E-state index contributed by atoms with van der Waals surface area (Å²) in [5.74, 6) is 0.908. The van der Waals surface area contributed by atoms with Crippen LogP contribution in [0.25, 0.3) is 0 Å². The van der Waals surface area contributed by atoms with Crippen LogP contribution in [0.1, 0.15) is 52.9 Å². The highest BCUT2D eigenvalue weighted by molar-refractivity contribution is 5.76. The summed E-state index contributed by atoms with van der Waals surface area (Å²) < 4.78 is 0. The number of carbonyl (C=O) groups excluding carboxylic acids is 1. The highest BCUT2D eigenvalue weighted by atomic mass is 16.2. The molecule has 0 saturated heterocycles. The van der Waals surface area contributed by atoms with E-state index in [0.717, 1.165) is 19.6 Å². The second-order valence-electron chi connectivity index (χ2n) is 5.48. The summed E-state index contributed by atoms with van der Waals surface area (Å²) >= 11 is 0. The Bertz CT molecular complexity index is 222. The van der Waals surface area contributed by atoms with Crippen LogP contribution in [0.3, 0.4) is 0 Å². The van der Waals surface area contributed by atoms with Gasteiger partial charge in [-0.2, -0.15) is 0 Å². The molecule has 1 aliphatic carbocycles. The first-order chi connectivity index (χ1) is 8.15. The Labute approximate surface area is 106 Å². The van der Waals surface area contributed by atoms with Crippen LogP contribution >= 0.6 is 0 Å². The topological polar surface area (TPSA) is 32.3 Å². The molecule has 3 heteroatoms. The molecule has 0 aromatic rings. The van der Waals surface area contributed by atoms with Crippen molar-refractivity contribution in [2.75, 3.05) is 19.6 Å². The molecule has 0 heterocycles. The van der Waals surface area contributed by atoms with Gasteiger partial charge in [0.1, 0.15) is 0 Å². The first-order valence-electron chi connectivity index (χ1n) is 7.15. The predicted octanol–water partition coefficient (Wildman–Crippen LogP) is 2.41. The molecular formula is C14H28N2O. The molecule has 1 saturated carbocycles. The van der Waals surface area contributed by atoms with Gasteiger partial charge in [0.05, 0.1) is 0 Å². The van der Waals surface area contributed by atoms with Crippen molar-refractivity contribution in [1.82, 2.24) is 10.2 Å². The Kier molecular flexibility index (Phi) is 6.56. The fourth-order valence-electron chi connectivity index (χ4n) is 2.58. The average Bonchev–Trinajstić information content (AvgIpc) is 2.79. The van der Waals surface area contributed by atoms with Gasteiger partial charge < -0.3 is 10.2 Å². The largest absolute Gasteiger partial charge is 0.339 e. The van der Waals surface area contributed by atoms with Gasteiger partial charge >= 0.3 is 0 Å². The maximum absolute atomic E-state index is 12.2. The molecule has 0 bridgehead atoms. The number of carbonyl (C=O) groups is 1. The molecule has 0 spiro atoms. The zero-order chi connectivity index (χ0) is 12.7. The zero-order valence-electron chi connectivity index (χ0n) is 11.7. The summed E-state index contributed by atoms with van der Waals surface area (Å²) in [5, 5.41) is 3.23. The van der Waals surface area contributed by atoms with Crippen molar-refractivity contribution in [3.63, 3.8) is 0 Å². The number of rotatable bonds is 7. The van der Waals surface area contributed by atoms with E-state index in [1.807, 2.05) is 0 Å². The van der Waals surface area contributed by atoms with Gasteiger partial charge in [-0.25, -0.2) is 0 Å². The summed E-state index contributed by atoms with van der Waals surface area (Å²) in [5.41, 5.74) is 0. The second-order valence-corrected chi connectivity index (χ2v) is 5.48. The molecule has 0 aliphatic heterocycles. The molecule has 0 unspecified atom stereocenters. The van der Waals surface area contributed by atoms with Crippen LogP contribution < -0.4 is 5.32 Å². The summed E-state index contributed by atoms with van der Waals surface area (Å²) in [4.78, 5) is 14.4. The maximum atomic E-state index is 12.2. The summed E-state index contributed by atoms with van der Waals surface area (Å²) in [6.07, 6.45) is 5.65. The minimum atomic E-state index is 0.339. The molecule has 0 aromatic carbocycles. The molecule has 100 valence electrons. The molecule has 1 N–H and O–H groups in total. The van der Waals surface area contributed by atoms with E-state index in [9.17, 15) is 4.79 Å². The second kappa shape index (κ2) is 7.70. The standard InChI is InChI=1S/C14H28N2O/c1-4-15-10-9-14(17)16(11-12(2)3)13-7-5-6-8-13/h12-13,15H,4-11H2,1-3H3. The van der Waals surface area contributed by atoms with Gasteiger partial charge in [-0.1, -0.05) is 33.6 Å². The minimum Gasteiger partial charge on any atom is -0.339 e. The van der Waals surface area contributed by atoms with Crippen molar-refractivity contribution in [2.24, 2.45) is 5.92 Å². The Hall–Kier alpha value is -0.570. The van der Waals surface area contributed by atoms with Crippen molar-refractivity contribution in [3.8, 4) is 0 Å². The average molecular weight is 240 g/mol. The van der Waals surface area contributed by atoms with E-state index in [0.29, 0.717) is 24.3 Å². The van der Waals surface area contributed by atoms with Crippen LogP contribution in [-0.2, 0) is 4.79 Å². The van der Waals surface area contributed by atoms with E-state index in [4.69, 9.17) is 0 Å². The van der Waals surface area contributed by atoms with Crippen LogP contribution in [0.15, 0.2) is 0 Å². The van der Waals surface area contributed by atoms with Gasteiger partial charge in [-0.3, -0.25) is 4.79 Å². The predicted molar refractivity (Wildman–Crippen MR) is 72.0 cm³/mol. The lowest BCUT2D eigenvalue weighted by atomic mass is 10.1. The quantitative estimate of drug-likeness (QED) is 0.693. The van der Waals surface area contributed by atoms with Gasteiger partial charge in [0.25, 0.3) is 0 Å². The molecule has 0 radical (unpaired) electrons. The molecule has 17 heavy (non-hydrogen) atoms. The van der Waals surface area contributed by atoms with Crippen LogP contribution in [0.2, 0.25) is 0 Å². The van der Waals surface area contributed by atoms with Crippen molar-refractivity contribution in [3.05, 3.63) is 0 Å². The molecular weight excluding hydrogens is 212 g/mol. The highest BCUT2D eigenvalue weighted by Gasteiger charge is 2.26. The van der Waals surface area contributed by atoms with Crippen LogP contribution in [0, 0.1) is 5.92 Å².